The molecule has 2 nitrogen and oxygen atoms in total. The number of benzene rings is 1. The molecular weight excluding hydrogens is 222 g/mol. The van der Waals surface area contributed by atoms with Crippen LogP contribution >= 0.6 is 0 Å². The lowest BCUT2D eigenvalue weighted by atomic mass is 10.1. The van der Waals surface area contributed by atoms with Gasteiger partial charge in [-0.25, -0.2) is 0 Å². The molecule has 0 aliphatic carbocycles. The van der Waals surface area contributed by atoms with Gasteiger partial charge in [0.15, 0.2) is 0 Å². The molecule has 0 heterocycles. The Morgan fingerprint density at radius 2 is 1.78 bits per heavy atom. The van der Waals surface area contributed by atoms with Gasteiger partial charge in [-0.1, -0.05) is 44.7 Å². The van der Waals surface area contributed by atoms with Gasteiger partial charge in [-0.15, -0.1) is 0 Å². The topological polar surface area (TPSA) is 33.0 Å². The maximum absolute atomic E-state index is 8.51. The van der Waals surface area contributed by atoms with Gasteiger partial charge in [-0.2, -0.15) is 5.26 Å². The fraction of sp³-hybridized carbons (Fsp3) is 0.562. The Morgan fingerprint density at radius 3 is 2.44 bits per heavy atom. The maximum Gasteiger partial charge on any atom is 0.119 e. The van der Waals surface area contributed by atoms with E-state index in [2.05, 4.69) is 13.0 Å². The second-order valence-corrected chi connectivity index (χ2v) is 4.56. The van der Waals surface area contributed by atoms with Crippen LogP contribution in [-0.4, -0.2) is 6.61 Å². The van der Waals surface area contributed by atoms with E-state index in [1.807, 2.05) is 24.3 Å². The Labute approximate surface area is 111 Å². The number of aryl methyl sites for hydroxylation is 1. The summed E-state index contributed by atoms with van der Waals surface area (Å²) in [4.78, 5) is 0. The smallest absolute Gasteiger partial charge is 0.119 e. The molecule has 1 rings (SSSR count). The normalized spacial score (nSPS) is 10.0. The van der Waals surface area contributed by atoms with Crippen LogP contribution in [0.1, 0.15) is 51.0 Å². The first-order valence-electron chi connectivity index (χ1n) is 6.95. The molecule has 0 amide bonds. The zero-order chi connectivity index (χ0) is 13.1. The van der Waals surface area contributed by atoms with E-state index in [1.54, 1.807) is 0 Å². The van der Waals surface area contributed by atoms with Crippen molar-refractivity contribution in [3.63, 3.8) is 0 Å². The average Bonchev–Trinajstić information content (AvgIpc) is 2.42. The molecule has 0 unspecified atom stereocenters. The summed E-state index contributed by atoms with van der Waals surface area (Å²) in [5, 5.41) is 8.51. The summed E-state index contributed by atoms with van der Waals surface area (Å²) >= 11 is 0. The summed E-state index contributed by atoms with van der Waals surface area (Å²) in [5.74, 6) is 0.936. The summed E-state index contributed by atoms with van der Waals surface area (Å²) in [6.07, 6.45) is 7.72. The molecule has 2 heteroatoms. The van der Waals surface area contributed by atoms with Crippen molar-refractivity contribution in [1.29, 1.82) is 5.26 Å². The summed E-state index contributed by atoms with van der Waals surface area (Å²) in [7, 11) is 0. The molecule has 0 radical (unpaired) electrons. The third-order valence-electron chi connectivity index (χ3n) is 2.97. The second-order valence-electron chi connectivity index (χ2n) is 4.56. The first kappa shape index (κ1) is 14.6. The van der Waals surface area contributed by atoms with E-state index >= 15 is 0 Å². The number of hydrogen-bond acceptors (Lipinski definition) is 2. The summed E-state index contributed by atoms with van der Waals surface area (Å²) in [6, 6.07) is 10.2. The molecule has 1 aromatic rings. The van der Waals surface area contributed by atoms with Crippen molar-refractivity contribution in [3.05, 3.63) is 29.8 Å². The number of nitriles is 1. The predicted octanol–water partition coefficient (Wildman–Crippen LogP) is 4.49. The van der Waals surface area contributed by atoms with E-state index in [4.69, 9.17) is 10.00 Å². The molecule has 0 saturated carbocycles. The van der Waals surface area contributed by atoms with Gasteiger partial charge < -0.3 is 4.74 Å². The minimum atomic E-state index is 0.581. The first-order chi connectivity index (χ1) is 8.86. The molecule has 18 heavy (non-hydrogen) atoms. The van der Waals surface area contributed by atoms with E-state index in [0.717, 1.165) is 25.2 Å². The summed E-state index contributed by atoms with van der Waals surface area (Å²) in [6.45, 7) is 3.03. The monoisotopic (exact) mass is 245 g/mol. The van der Waals surface area contributed by atoms with Crippen LogP contribution in [0.2, 0.25) is 0 Å². The molecule has 0 spiro atoms. The van der Waals surface area contributed by atoms with Gasteiger partial charge in [-0.3, -0.25) is 0 Å². The molecule has 0 saturated heterocycles. The van der Waals surface area contributed by atoms with Crippen LogP contribution in [-0.2, 0) is 6.42 Å². The lowest BCUT2D eigenvalue weighted by Crippen LogP contribution is -1.97. The molecule has 0 fully saturated rings. The Bertz CT molecular complexity index is 350. The van der Waals surface area contributed by atoms with Gasteiger partial charge in [0.2, 0.25) is 0 Å². The molecule has 0 atom stereocenters. The van der Waals surface area contributed by atoms with Gasteiger partial charge in [0, 0.05) is 6.42 Å². The van der Waals surface area contributed by atoms with Gasteiger partial charge in [-0.05, 0) is 30.5 Å². The molecule has 0 aliphatic rings. The van der Waals surface area contributed by atoms with E-state index < -0.39 is 0 Å². The van der Waals surface area contributed by atoms with Crippen LogP contribution in [0.25, 0.3) is 0 Å². The van der Waals surface area contributed by atoms with E-state index in [-0.39, 0.29) is 0 Å². The SMILES string of the molecule is CCCCCCCOc1ccc(CCC#N)cc1. The Morgan fingerprint density at radius 1 is 1.06 bits per heavy atom. The van der Waals surface area contributed by atoms with E-state index in [0.29, 0.717) is 6.42 Å². The third kappa shape index (κ3) is 6.30. The van der Waals surface area contributed by atoms with Crippen LogP contribution < -0.4 is 4.74 Å². The third-order valence-corrected chi connectivity index (χ3v) is 2.97. The van der Waals surface area contributed by atoms with E-state index in [1.165, 1.54) is 31.2 Å². The zero-order valence-electron chi connectivity index (χ0n) is 11.3. The molecule has 0 aromatic heterocycles. The van der Waals surface area contributed by atoms with Crippen molar-refractivity contribution in [2.24, 2.45) is 0 Å². The van der Waals surface area contributed by atoms with E-state index in [9.17, 15) is 0 Å². The largest absolute Gasteiger partial charge is 0.494 e. The predicted molar refractivity (Wildman–Crippen MR) is 74.6 cm³/mol. The van der Waals surface area contributed by atoms with Crippen molar-refractivity contribution >= 4 is 0 Å². The van der Waals surface area contributed by atoms with Crippen LogP contribution in [0.15, 0.2) is 24.3 Å². The quantitative estimate of drug-likeness (QED) is 0.600. The molecule has 0 bridgehead atoms. The highest BCUT2D eigenvalue weighted by atomic mass is 16.5. The van der Waals surface area contributed by atoms with Gasteiger partial charge in [0.25, 0.3) is 0 Å². The van der Waals surface area contributed by atoms with Crippen molar-refractivity contribution < 1.29 is 4.74 Å². The average molecular weight is 245 g/mol. The van der Waals surface area contributed by atoms with Crippen molar-refractivity contribution in [3.8, 4) is 11.8 Å². The zero-order valence-corrected chi connectivity index (χ0v) is 11.3. The number of rotatable bonds is 9. The summed E-state index contributed by atoms with van der Waals surface area (Å²) in [5.41, 5.74) is 1.20. The lowest BCUT2D eigenvalue weighted by Gasteiger charge is -2.06. The standard InChI is InChI=1S/C16H23NO/c1-2-3-4-5-6-14-18-16-11-9-15(10-12-16)8-7-13-17/h9-12H,2-8,14H2,1H3. The number of nitrogens with zero attached hydrogens (tertiary/aromatic N) is 1. The Hall–Kier alpha value is -1.49. The minimum absolute atomic E-state index is 0.581. The van der Waals surface area contributed by atoms with Crippen molar-refractivity contribution in [2.75, 3.05) is 6.61 Å². The fourth-order valence-electron chi connectivity index (χ4n) is 1.85. The second kappa shape index (κ2) is 9.53. The molecule has 1 aromatic carbocycles. The van der Waals surface area contributed by atoms with Crippen LogP contribution in [0, 0.1) is 11.3 Å². The minimum Gasteiger partial charge on any atom is -0.494 e. The molecule has 0 N–H and O–H groups in total. The lowest BCUT2D eigenvalue weighted by molar-refractivity contribution is 0.304. The highest BCUT2D eigenvalue weighted by Gasteiger charge is 1.96. The van der Waals surface area contributed by atoms with Crippen molar-refractivity contribution in [1.82, 2.24) is 0 Å². The maximum atomic E-state index is 8.51. The Kier molecular flexibility index (Phi) is 7.72. The number of ether oxygens (including phenoxy) is 1. The fourth-order valence-corrected chi connectivity index (χ4v) is 1.85. The number of unbranched alkanes of at least 4 members (excludes halogenated alkanes) is 4. The van der Waals surface area contributed by atoms with Crippen LogP contribution in [0.4, 0.5) is 0 Å². The van der Waals surface area contributed by atoms with Crippen LogP contribution in [0.3, 0.4) is 0 Å². The highest BCUT2D eigenvalue weighted by molar-refractivity contribution is 5.27. The van der Waals surface area contributed by atoms with Crippen LogP contribution in [0.5, 0.6) is 5.75 Å². The summed E-state index contributed by atoms with van der Waals surface area (Å²) < 4.78 is 5.68. The van der Waals surface area contributed by atoms with Gasteiger partial charge in [0.1, 0.15) is 5.75 Å². The molecular formula is C16H23NO. The Balaban J connectivity index is 2.17. The number of hydrogen-bond donors (Lipinski definition) is 0. The highest BCUT2D eigenvalue weighted by Crippen LogP contribution is 2.14. The molecule has 0 aliphatic heterocycles. The van der Waals surface area contributed by atoms with Crippen molar-refractivity contribution in [2.45, 2.75) is 51.9 Å². The first-order valence-corrected chi connectivity index (χ1v) is 6.95. The van der Waals surface area contributed by atoms with Gasteiger partial charge in [0.05, 0.1) is 12.7 Å². The molecule has 98 valence electrons. The van der Waals surface area contributed by atoms with Gasteiger partial charge >= 0.3 is 0 Å².